The SMILES string of the molecule is COc1cc(N2C(=O)[C@@H](NC(=O)c3ccccc3)[C@@H]2c2ccc(C)c(O)c2)cc(C)c1C. The lowest BCUT2D eigenvalue weighted by molar-refractivity contribution is -0.127. The van der Waals surface area contributed by atoms with Gasteiger partial charge in [0.15, 0.2) is 0 Å². The lowest BCUT2D eigenvalue weighted by Crippen LogP contribution is -2.66. The number of phenolic OH excluding ortho intramolecular Hbond substituents is 1. The molecule has 1 aliphatic rings. The second-order valence-electron chi connectivity index (χ2n) is 8.11. The van der Waals surface area contributed by atoms with E-state index in [2.05, 4.69) is 5.32 Å². The normalized spacial score (nSPS) is 17.6. The van der Waals surface area contributed by atoms with Gasteiger partial charge < -0.3 is 20.1 Å². The van der Waals surface area contributed by atoms with Crippen LogP contribution in [0.1, 0.15) is 38.7 Å². The van der Waals surface area contributed by atoms with Crippen molar-refractivity contribution in [2.24, 2.45) is 0 Å². The van der Waals surface area contributed by atoms with Gasteiger partial charge in [0.2, 0.25) is 0 Å². The zero-order valence-electron chi connectivity index (χ0n) is 18.5. The molecular weight excluding hydrogens is 404 g/mol. The molecule has 0 aromatic heterocycles. The van der Waals surface area contributed by atoms with E-state index >= 15 is 0 Å². The highest BCUT2D eigenvalue weighted by molar-refractivity contribution is 6.09. The first-order valence-corrected chi connectivity index (χ1v) is 10.5. The Morgan fingerprint density at radius 1 is 1.00 bits per heavy atom. The maximum atomic E-state index is 13.3. The number of ether oxygens (including phenoxy) is 1. The molecule has 1 fully saturated rings. The standard InChI is InChI=1S/C26H26N2O4/c1-15-10-11-19(13-21(15)29)24-23(27-25(30)18-8-6-5-7-9-18)26(31)28(24)20-12-16(2)17(3)22(14-20)32-4/h5-14,23-24,29H,1-4H3,(H,27,30)/t23-,24-/m0/s1. The number of anilines is 1. The largest absolute Gasteiger partial charge is 0.508 e. The fraction of sp³-hybridized carbons (Fsp3) is 0.231. The van der Waals surface area contributed by atoms with Crippen molar-refractivity contribution in [3.8, 4) is 11.5 Å². The van der Waals surface area contributed by atoms with Gasteiger partial charge in [0.05, 0.1) is 13.2 Å². The number of benzene rings is 3. The number of carbonyl (C=O) groups excluding carboxylic acids is 2. The van der Waals surface area contributed by atoms with Gasteiger partial charge in [-0.25, -0.2) is 0 Å². The van der Waals surface area contributed by atoms with Gasteiger partial charge in [-0.15, -0.1) is 0 Å². The van der Waals surface area contributed by atoms with Gasteiger partial charge in [-0.1, -0.05) is 30.3 Å². The quantitative estimate of drug-likeness (QED) is 0.595. The van der Waals surface area contributed by atoms with Crippen molar-refractivity contribution in [2.45, 2.75) is 32.9 Å². The summed E-state index contributed by atoms with van der Waals surface area (Å²) < 4.78 is 5.50. The molecule has 0 radical (unpaired) electrons. The number of rotatable bonds is 5. The van der Waals surface area contributed by atoms with E-state index in [-0.39, 0.29) is 17.6 Å². The highest BCUT2D eigenvalue weighted by Crippen LogP contribution is 2.42. The van der Waals surface area contributed by atoms with Crippen LogP contribution in [0.15, 0.2) is 60.7 Å². The van der Waals surface area contributed by atoms with E-state index in [4.69, 9.17) is 4.74 Å². The molecule has 0 spiro atoms. The first-order chi connectivity index (χ1) is 15.3. The van der Waals surface area contributed by atoms with Crippen molar-refractivity contribution in [3.05, 3.63) is 88.5 Å². The Balaban J connectivity index is 1.73. The monoisotopic (exact) mass is 430 g/mol. The lowest BCUT2D eigenvalue weighted by Gasteiger charge is -2.47. The molecule has 2 N–H and O–H groups in total. The molecule has 1 heterocycles. The first-order valence-electron chi connectivity index (χ1n) is 10.5. The van der Waals surface area contributed by atoms with Crippen LogP contribution in [-0.4, -0.2) is 30.1 Å². The Labute approximate surface area is 187 Å². The molecule has 0 saturated carbocycles. The molecular formula is C26H26N2O4. The van der Waals surface area contributed by atoms with E-state index < -0.39 is 12.1 Å². The number of aromatic hydroxyl groups is 1. The third-order valence-corrected chi connectivity index (χ3v) is 6.10. The van der Waals surface area contributed by atoms with Crippen LogP contribution < -0.4 is 15.0 Å². The van der Waals surface area contributed by atoms with Crippen LogP contribution in [-0.2, 0) is 4.79 Å². The van der Waals surface area contributed by atoms with Crippen LogP contribution in [0.5, 0.6) is 11.5 Å². The minimum atomic E-state index is -0.752. The summed E-state index contributed by atoms with van der Waals surface area (Å²) in [4.78, 5) is 27.7. The lowest BCUT2D eigenvalue weighted by atomic mass is 9.86. The van der Waals surface area contributed by atoms with E-state index in [1.165, 1.54) is 0 Å². The predicted octanol–water partition coefficient (Wildman–Crippen LogP) is 4.21. The fourth-order valence-corrected chi connectivity index (χ4v) is 4.04. The predicted molar refractivity (Wildman–Crippen MR) is 123 cm³/mol. The molecule has 6 nitrogen and oxygen atoms in total. The summed E-state index contributed by atoms with van der Waals surface area (Å²) in [6.45, 7) is 5.74. The van der Waals surface area contributed by atoms with E-state index in [1.54, 1.807) is 42.3 Å². The third-order valence-electron chi connectivity index (χ3n) is 6.10. The van der Waals surface area contributed by atoms with Crippen molar-refractivity contribution in [3.63, 3.8) is 0 Å². The highest BCUT2D eigenvalue weighted by atomic mass is 16.5. The molecule has 3 aromatic carbocycles. The topological polar surface area (TPSA) is 78.9 Å². The number of nitrogens with one attached hydrogen (secondary N) is 1. The fourth-order valence-electron chi connectivity index (χ4n) is 4.04. The van der Waals surface area contributed by atoms with Crippen molar-refractivity contribution >= 4 is 17.5 Å². The summed E-state index contributed by atoms with van der Waals surface area (Å²) >= 11 is 0. The van der Waals surface area contributed by atoms with Gasteiger partial charge in [0, 0.05) is 17.3 Å². The Hall–Kier alpha value is -3.80. The Morgan fingerprint density at radius 2 is 1.72 bits per heavy atom. The van der Waals surface area contributed by atoms with Gasteiger partial charge in [-0.05, 0) is 67.3 Å². The number of hydrogen-bond donors (Lipinski definition) is 2. The second-order valence-corrected chi connectivity index (χ2v) is 8.11. The van der Waals surface area contributed by atoms with Crippen LogP contribution in [0, 0.1) is 20.8 Å². The number of β-lactam (4-membered cyclic amide) rings is 1. The molecule has 4 rings (SSSR count). The third kappa shape index (κ3) is 3.68. The summed E-state index contributed by atoms with van der Waals surface area (Å²) in [6, 6.07) is 16.7. The van der Waals surface area contributed by atoms with Crippen molar-refractivity contribution in [1.29, 1.82) is 0 Å². The Bertz CT molecular complexity index is 1190. The number of carbonyl (C=O) groups is 2. The molecule has 164 valence electrons. The highest BCUT2D eigenvalue weighted by Gasteiger charge is 2.50. The van der Waals surface area contributed by atoms with Gasteiger partial charge in [-0.3, -0.25) is 9.59 Å². The number of hydrogen-bond acceptors (Lipinski definition) is 4. The minimum Gasteiger partial charge on any atom is -0.508 e. The zero-order valence-corrected chi connectivity index (χ0v) is 18.5. The molecule has 1 aliphatic heterocycles. The summed E-state index contributed by atoms with van der Waals surface area (Å²) in [7, 11) is 1.60. The molecule has 3 aromatic rings. The van der Waals surface area contributed by atoms with Crippen molar-refractivity contribution in [2.75, 3.05) is 12.0 Å². The number of phenols is 1. The van der Waals surface area contributed by atoms with Gasteiger partial charge in [-0.2, -0.15) is 0 Å². The van der Waals surface area contributed by atoms with E-state index in [0.717, 1.165) is 22.3 Å². The number of nitrogens with zero attached hydrogens (tertiary/aromatic N) is 1. The van der Waals surface area contributed by atoms with E-state index in [1.807, 2.05) is 51.1 Å². The molecule has 2 atom stereocenters. The van der Waals surface area contributed by atoms with E-state index in [0.29, 0.717) is 17.0 Å². The summed E-state index contributed by atoms with van der Waals surface area (Å²) in [5.74, 6) is 0.301. The minimum absolute atomic E-state index is 0.146. The summed E-state index contributed by atoms with van der Waals surface area (Å²) in [5.41, 5.74) is 4.64. The smallest absolute Gasteiger partial charge is 0.252 e. The first kappa shape index (κ1) is 21.4. The summed E-state index contributed by atoms with van der Waals surface area (Å²) in [6.07, 6.45) is 0. The molecule has 0 bridgehead atoms. The van der Waals surface area contributed by atoms with Gasteiger partial charge in [0.25, 0.3) is 11.8 Å². The van der Waals surface area contributed by atoms with Crippen LogP contribution >= 0.6 is 0 Å². The molecule has 0 aliphatic carbocycles. The van der Waals surface area contributed by atoms with Crippen LogP contribution in [0.2, 0.25) is 0 Å². The zero-order chi connectivity index (χ0) is 23.0. The molecule has 1 saturated heterocycles. The molecule has 6 heteroatoms. The Kier molecular flexibility index (Phi) is 5.61. The second kappa shape index (κ2) is 8.38. The summed E-state index contributed by atoms with van der Waals surface area (Å²) in [5, 5.41) is 13.2. The van der Waals surface area contributed by atoms with Gasteiger partial charge >= 0.3 is 0 Å². The molecule has 2 amide bonds. The number of amides is 2. The van der Waals surface area contributed by atoms with Crippen LogP contribution in [0.4, 0.5) is 5.69 Å². The van der Waals surface area contributed by atoms with Gasteiger partial charge in [0.1, 0.15) is 17.5 Å². The van der Waals surface area contributed by atoms with Crippen molar-refractivity contribution in [1.82, 2.24) is 5.32 Å². The average Bonchev–Trinajstić information content (AvgIpc) is 2.80. The molecule has 0 unspecified atom stereocenters. The number of aryl methyl sites for hydroxylation is 2. The average molecular weight is 431 g/mol. The Morgan fingerprint density at radius 3 is 2.38 bits per heavy atom. The van der Waals surface area contributed by atoms with E-state index in [9.17, 15) is 14.7 Å². The van der Waals surface area contributed by atoms with Crippen molar-refractivity contribution < 1.29 is 19.4 Å². The number of methoxy groups -OCH3 is 1. The maximum Gasteiger partial charge on any atom is 0.252 e. The maximum absolute atomic E-state index is 13.3. The van der Waals surface area contributed by atoms with Crippen LogP contribution in [0.3, 0.4) is 0 Å². The van der Waals surface area contributed by atoms with Crippen LogP contribution in [0.25, 0.3) is 0 Å². The molecule has 32 heavy (non-hydrogen) atoms.